The van der Waals surface area contributed by atoms with Crippen molar-refractivity contribution in [1.82, 2.24) is 14.9 Å². The first-order chi connectivity index (χ1) is 15.5. The number of fused-ring (bicyclic) bond motifs is 1. The van der Waals surface area contributed by atoms with Gasteiger partial charge in [0.05, 0.1) is 22.3 Å². The van der Waals surface area contributed by atoms with Crippen molar-refractivity contribution in [2.75, 3.05) is 7.05 Å². The summed E-state index contributed by atoms with van der Waals surface area (Å²) in [7, 11) is 1.68. The van der Waals surface area contributed by atoms with E-state index in [4.69, 9.17) is 4.74 Å². The van der Waals surface area contributed by atoms with Crippen LogP contribution in [0.4, 0.5) is 0 Å². The zero-order chi connectivity index (χ0) is 22.5. The number of amides is 1. The minimum absolute atomic E-state index is 0.293. The normalized spacial score (nSPS) is 11.8. The standard InChI is InChI=1S/C24H21N3O3S2/c1-16(23(28)27(2)15-21-26-19-12-6-7-13-20(19)32-21)30-24(29)18-11-8-14-25-22(18)31-17-9-4-3-5-10-17/h3-14,16H,15H2,1-2H3. The highest BCUT2D eigenvalue weighted by molar-refractivity contribution is 7.99. The Bertz CT molecular complexity index is 1210. The van der Waals surface area contributed by atoms with Gasteiger partial charge in [-0.3, -0.25) is 4.79 Å². The summed E-state index contributed by atoms with van der Waals surface area (Å²) < 4.78 is 6.57. The van der Waals surface area contributed by atoms with Gasteiger partial charge in [-0.1, -0.05) is 42.1 Å². The zero-order valence-corrected chi connectivity index (χ0v) is 19.2. The Labute approximate surface area is 194 Å². The van der Waals surface area contributed by atoms with Gasteiger partial charge in [-0.2, -0.15) is 0 Å². The number of pyridine rings is 1. The summed E-state index contributed by atoms with van der Waals surface area (Å²) in [5.41, 5.74) is 1.24. The second-order valence-electron chi connectivity index (χ2n) is 7.09. The molecule has 6 nitrogen and oxygen atoms in total. The third-order valence-electron chi connectivity index (χ3n) is 4.67. The van der Waals surface area contributed by atoms with Gasteiger partial charge in [-0.25, -0.2) is 14.8 Å². The minimum Gasteiger partial charge on any atom is -0.449 e. The lowest BCUT2D eigenvalue weighted by Gasteiger charge is -2.20. The van der Waals surface area contributed by atoms with Gasteiger partial charge in [0.15, 0.2) is 6.10 Å². The van der Waals surface area contributed by atoms with E-state index in [1.54, 1.807) is 43.6 Å². The molecule has 32 heavy (non-hydrogen) atoms. The first-order valence-electron chi connectivity index (χ1n) is 9.99. The summed E-state index contributed by atoms with van der Waals surface area (Å²) >= 11 is 2.92. The number of nitrogens with zero attached hydrogens (tertiary/aromatic N) is 3. The second-order valence-corrected chi connectivity index (χ2v) is 9.27. The lowest BCUT2D eigenvalue weighted by atomic mass is 10.3. The smallest absolute Gasteiger partial charge is 0.341 e. The highest BCUT2D eigenvalue weighted by atomic mass is 32.2. The fourth-order valence-corrected chi connectivity index (χ4v) is 4.99. The molecule has 0 aliphatic rings. The Morgan fingerprint density at radius 2 is 1.81 bits per heavy atom. The molecule has 8 heteroatoms. The van der Waals surface area contributed by atoms with Gasteiger partial charge >= 0.3 is 5.97 Å². The quantitative estimate of drug-likeness (QED) is 0.357. The predicted octanol–water partition coefficient (Wildman–Crippen LogP) is 5.05. The molecule has 0 radical (unpaired) electrons. The van der Waals surface area contributed by atoms with Crippen molar-refractivity contribution in [1.29, 1.82) is 0 Å². The van der Waals surface area contributed by atoms with Gasteiger partial charge in [0.2, 0.25) is 0 Å². The summed E-state index contributed by atoms with van der Waals surface area (Å²) in [6.07, 6.45) is 0.694. The minimum atomic E-state index is -0.934. The van der Waals surface area contributed by atoms with E-state index in [2.05, 4.69) is 9.97 Å². The fourth-order valence-electron chi connectivity index (χ4n) is 3.08. The summed E-state index contributed by atoms with van der Waals surface area (Å²) in [4.78, 5) is 37.0. The van der Waals surface area contributed by atoms with Crippen molar-refractivity contribution in [2.24, 2.45) is 0 Å². The number of para-hydroxylation sites is 1. The Morgan fingerprint density at radius 1 is 1.06 bits per heavy atom. The number of hydrogen-bond donors (Lipinski definition) is 0. The van der Waals surface area contributed by atoms with Crippen LogP contribution in [0.3, 0.4) is 0 Å². The van der Waals surface area contributed by atoms with Crippen molar-refractivity contribution in [2.45, 2.75) is 29.5 Å². The molecule has 0 aliphatic carbocycles. The highest BCUT2D eigenvalue weighted by Crippen LogP contribution is 2.29. The van der Waals surface area contributed by atoms with Gasteiger partial charge in [0.25, 0.3) is 5.91 Å². The third-order valence-corrected chi connectivity index (χ3v) is 6.71. The number of thiazole rings is 1. The van der Waals surface area contributed by atoms with Crippen molar-refractivity contribution in [3.8, 4) is 0 Å². The SMILES string of the molecule is CC(OC(=O)c1cccnc1Sc1ccccc1)C(=O)N(C)Cc1nc2ccccc2s1. The Morgan fingerprint density at radius 3 is 2.59 bits per heavy atom. The number of aromatic nitrogens is 2. The monoisotopic (exact) mass is 463 g/mol. The van der Waals surface area contributed by atoms with E-state index in [1.165, 1.54) is 16.7 Å². The topological polar surface area (TPSA) is 72.4 Å². The van der Waals surface area contributed by atoms with Gasteiger partial charge in [-0.05, 0) is 43.3 Å². The molecule has 2 aromatic carbocycles. The summed E-state index contributed by atoms with van der Waals surface area (Å²) in [5.74, 6) is -0.871. The van der Waals surface area contributed by atoms with E-state index >= 15 is 0 Å². The largest absolute Gasteiger partial charge is 0.449 e. The molecule has 4 rings (SSSR count). The van der Waals surface area contributed by atoms with E-state index in [9.17, 15) is 9.59 Å². The Balaban J connectivity index is 1.41. The van der Waals surface area contributed by atoms with Gasteiger partial charge in [-0.15, -0.1) is 11.3 Å². The molecule has 4 aromatic rings. The number of carbonyl (C=O) groups excluding carboxylic acids is 2. The van der Waals surface area contributed by atoms with Crippen molar-refractivity contribution in [3.63, 3.8) is 0 Å². The molecule has 0 saturated carbocycles. The van der Waals surface area contributed by atoms with Crippen LogP contribution in [0.25, 0.3) is 10.2 Å². The number of rotatable bonds is 7. The lowest BCUT2D eigenvalue weighted by Crippen LogP contribution is -2.37. The highest BCUT2D eigenvalue weighted by Gasteiger charge is 2.24. The van der Waals surface area contributed by atoms with Gasteiger partial charge in [0, 0.05) is 18.1 Å². The van der Waals surface area contributed by atoms with Crippen LogP contribution in [-0.4, -0.2) is 39.9 Å². The number of benzene rings is 2. The molecule has 162 valence electrons. The van der Waals surface area contributed by atoms with Gasteiger partial charge in [0.1, 0.15) is 10.0 Å². The van der Waals surface area contributed by atoms with Crippen LogP contribution in [0.2, 0.25) is 0 Å². The average Bonchev–Trinajstić information content (AvgIpc) is 3.21. The molecule has 1 atom stereocenters. The van der Waals surface area contributed by atoms with E-state index in [0.29, 0.717) is 17.1 Å². The summed E-state index contributed by atoms with van der Waals surface area (Å²) in [6, 6.07) is 20.8. The first kappa shape index (κ1) is 22.0. The zero-order valence-electron chi connectivity index (χ0n) is 17.6. The number of carbonyl (C=O) groups is 2. The van der Waals surface area contributed by atoms with Crippen LogP contribution >= 0.6 is 23.1 Å². The molecule has 0 bridgehead atoms. The van der Waals surface area contributed by atoms with E-state index in [0.717, 1.165) is 20.1 Å². The van der Waals surface area contributed by atoms with Crippen molar-refractivity contribution >= 4 is 45.2 Å². The molecule has 0 fully saturated rings. The van der Waals surface area contributed by atoms with E-state index < -0.39 is 12.1 Å². The van der Waals surface area contributed by atoms with Gasteiger partial charge < -0.3 is 9.64 Å². The summed E-state index contributed by atoms with van der Waals surface area (Å²) in [6.45, 7) is 1.93. The number of ether oxygens (including phenoxy) is 1. The molecule has 2 heterocycles. The number of likely N-dealkylation sites (N-methyl/N-ethyl adjacent to an activating group) is 1. The van der Waals surface area contributed by atoms with Crippen LogP contribution in [-0.2, 0) is 16.1 Å². The van der Waals surface area contributed by atoms with Crippen LogP contribution < -0.4 is 0 Å². The van der Waals surface area contributed by atoms with Crippen LogP contribution in [0.5, 0.6) is 0 Å². The molecular weight excluding hydrogens is 442 g/mol. The molecular formula is C24H21N3O3S2. The maximum Gasteiger partial charge on any atom is 0.341 e. The van der Waals surface area contributed by atoms with Crippen LogP contribution in [0.15, 0.2) is 82.8 Å². The Kier molecular flexibility index (Phi) is 6.82. The molecule has 0 aliphatic heterocycles. The first-order valence-corrected chi connectivity index (χ1v) is 11.6. The molecule has 1 unspecified atom stereocenters. The van der Waals surface area contributed by atoms with E-state index in [1.807, 2.05) is 54.6 Å². The molecule has 0 spiro atoms. The van der Waals surface area contributed by atoms with Crippen LogP contribution in [0.1, 0.15) is 22.3 Å². The second kappa shape index (κ2) is 9.93. The number of esters is 1. The van der Waals surface area contributed by atoms with Crippen molar-refractivity contribution < 1.29 is 14.3 Å². The average molecular weight is 464 g/mol. The third kappa shape index (κ3) is 5.15. The maximum atomic E-state index is 12.8. The fraction of sp³-hybridized carbons (Fsp3) is 0.167. The molecule has 0 saturated heterocycles. The predicted molar refractivity (Wildman–Crippen MR) is 126 cm³/mol. The molecule has 0 N–H and O–H groups in total. The molecule has 2 aromatic heterocycles. The van der Waals surface area contributed by atoms with Crippen LogP contribution in [0, 0.1) is 0 Å². The molecule has 1 amide bonds. The van der Waals surface area contributed by atoms with Crippen molar-refractivity contribution in [3.05, 3.63) is 83.5 Å². The maximum absolute atomic E-state index is 12.8. The summed E-state index contributed by atoms with van der Waals surface area (Å²) in [5, 5.41) is 1.36. The van der Waals surface area contributed by atoms with E-state index in [-0.39, 0.29) is 5.91 Å². The lowest BCUT2D eigenvalue weighted by molar-refractivity contribution is -0.139. The Hall–Kier alpha value is -3.23. The number of hydrogen-bond acceptors (Lipinski definition) is 7.